The Morgan fingerprint density at radius 2 is 1.88 bits per heavy atom. The highest BCUT2D eigenvalue weighted by molar-refractivity contribution is 6.40. The van der Waals surface area contributed by atoms with Gasteiger partial charge >= 0.3 is 0 Å². The maximum atomic E-state index is 12.4. The van der Waals surface area contributed by atoms with E-state index in [9.17, 15) is 19.7 Å². The lowest BCUT2D eigenvalue weighted by Crippen LogP contribution is -2.18. The molecule has 2 aromatic carbocycles. The van der Waals surface area contributed by atoms with Crippen molar-refractivity contribution in [2.24, 2.45) is 0 Å². The molecule has 0 fully saturated rings. The molecule has 0 saturated heterocycles. The summed E-state index contributed by atoms with van der Waals surface area (Å²) in [5.74, 6) is -0.444. The average Bonchev–Trinajstić information content (AvgIpc) is 2.95. The van der Waals surface area contributed by atoms with Crippen molar-refractivity contribution in [3.05, 3.63) is 68.3 Å². The predicted octanol–water partition coefficient (Wildman–Crippen LogP) is 4.31. The van der Waals surface area contributed by atoms with Crippen molar-refractivity contribution >= 4 is 57.7 Å². The van der Waals surface area contributed by atoms with Gasteiger partial charge in [0.1, 0.15) is 6.54 Å². The first-order chi connectivity index (χ1) is 12.4. The number of amides is 1. The zero-order chi connectivity index (χ0) is 18.8. The van der Waals surface area contributed by atoms with E-state index in [2.05, 4.69) is 5.32 Å². The minimum Gasteiger partial charge on any atom is -0.337 e. The van der Waals surface area contributed by atoms with Gasteiger partial charge in [0.15, 0.2) is 6.29 Å². The second-order valence-electron chi connectivity index (χ2n) is 5.44. The highest BCUT2D eigenvalue weighted by atomic mass is 35.5. The van der Waals surface area contributed by atoms with Crippen LogP contribution in [-0.2, 0) is 11.3 Å². The maximum absolute atomic E-state index is 12.4. The molecule has 0 unspecified atom stereocenters. The van der Waals surface area contributed by atoms with Crippen molar-refractivity contribution in [1.82, 2.24) is 4.57 Å². The summed E-state index contributed by atoms with van der Waals surface area (Å²) in [5, 5.41) is 14.0. The van der Waals surface area contributed by atoms with Crippen LogP contribution >= 0.6 is 23.2 Å². The molecule has 1 N–H and O–H groups in total. The number of carbonyl (C=O) groups is 2. The lowest BCUT2D eigenvalue weighted by molar-refractivity contribution is -0.384. The van der Waals surface area contributed by atoms with Crippen molar-refractivity contribution in [1.29, 1.82) is 0 Å². The molecular formula is C17H11Cl2N3O4. The molecule has 26 heavy (non-hydrogen) atoms. The Morgan fingerprint density at radius 1 is 1.23 bits per heavy atom. The van der Waals surface area contributed by atoms with E-state index in [1.807, 2.05) is 0 Å². The summed E-state index contributed by atoms with van der Waals surface area (Å²) in [6.07, 6.45) is 2.30. The number of para-hydroxylation sites is 1. The van der Waals surface area contributed by atoms with Crippen LogP contribution < -0.4 is 5.32 Å². The van der Waals surface area contributed by atoms with E-state index in [4.69, 9.17) is 23.2 Å². The Kier molecular flexibility index (Phi) is 4.92. The summed E-state index contributed by atoms with van der Waals surface area (Å²) in [6.45, 7) is -0.0853. The number of aldehydes is 1. The van der Waals surface area contributed by atoms with E-state index in [0.29, 0.717) is 5.56 Å². The molecule has 1 aromatic heterocycles. The Morgan fingerprint density at radius 3 is 2.50 bits per heavy atom. The van der Waals surface area contributed by atoms with Crippen LogP contribution in [0.15, 0.2) is 42.6 Å². The van der Waals surface area contributed by atoms with Gasteiger partial charge in [0, 0.05) is 34.8 Å². The van der Waals surface area contributed by atoms with Crippen LogP contribution in [0.25, 0.3) is 10.9 Å². The number of nitro benzene ring substituents is 1. The molecule has 7 nitrogen and oxygen atoms in total. The lowest BCUT2D eigenvalue weighted by atomic mass is 10.2. The Bertz CT molecular complexity index is 1020. The van der Waals surface area contributed by atoms with Gasteiger partial charge in [0.05, 0.1) is 20.7 Å². The summed E-state index contributed by atoms with van der Waals surface area (Å²) in [6, 6.07) is 9.40. The smallest absolute Gasteiger partial charge is 0.272 e. The Hall–Kier alpha value is -2.90. The molecule has 132 valence electrons. The fraction of sp³-hybridized carbons (Fsp3) is 0.0588. The number of hydrogen-bond acceptors (Lipinski definition) is 4. The molecule has 3 rings (SSSR count). The molecule has 0 aliphatic rings. The second kappa shape index (κ2) is 7.15. The second-order valence-corrected chi connectivity index (χ2v) is 6.25. The van der Waals surface area contributed by atoms with Crippen LogP contribution in [0.5, 0.6) is 0 Å². The largest absolute Gasteiger partial charge is 0.337 e. The number of rotatable bonds is 5. The number of nitrogens with zero attached hydrogens (tertiary/aromatic N) is 2. The molecule has 0 spiro atoms. The summed E-state index contributed by atoms with van der Waals surface area (Å²) in [5.41, 5.74) is 1.02. The highest BCUT2D eigenvalue weighted by Gasteiger charge is 2.17. The van der Waals surface area contributed by atoms with Crippen LogP contribution in [0.4, 0.5) is 11.4 Å². The number of aromatic nitrogens is 1. The van der Waals surface area contributed by atoms with Crippen LogP contribution in [0.2, 0.25) is 10.0 Å². The first-order valence-electron chi connectivity index (χ1n) is 7.37. The normalized spacial score (nSPS) is 10.7. The first-order valence-corrected chi connectivity index (χ1v) is 8.12. The van der Waals surface area contributed by atoms with Crippen LogP contribution in [-0.4, -0.2) is 21.7 Å². The Labute approximate surface area is 157 Å². The molecule has 3 aromatic rings. The third-order valence-electron chi connectivity index (χ3n) is 3.76. The fourth-order valence-corrected chi connectivity index (χ4v) is 3.19. The number of nitrogens with one attached hydrogen (secondary N) is 1. The molecule has 9 heteroatoms. The van der Waals surface area contributed by atoms with Gasteiger partial charge in [0.2, 0.25) is 5.91 Å². The van der Waals surface area contributed by atoms with E-state index < -0.39 is 10.8 Å². The molecule has 0 radical (unpaired) electrons. The first kappa shape index (κ1) is 17.9. The number of anilines is 1. The van der Waals surface area contributed by atoms with Gasteiger partial charge in [-0.2, -0.15) is 0 Å². The van der Waals surface area contributed by atoms with E-state index in [0.717, 1.165) is 29.3 Å². The molecule has 0 aliphatic heterocycles. The molecule has 1 amide bonds. The third-order valence-corrected chi connectivity index (χ3v) is 4.36. The van der Waals surface area contributed by atoms with Gasteiger partial charge in [-0.3, -0.25) is 19.7 Å². The van der Waals surface area contributed by atoms with E-state index in [1.165, 1.54) is 0 Å². The Balaban J connectivity index is 1.87. The van der Waals surface area contributed by atoms with E-state index >= 15 is 0 Å². The number of fused-ring (bicyclic) bond motifs is 1. The summed E-state index contributed by atoms with van der Waals surface area (Å²) < 4.78 is 1.63. The lowest BCUT2D eigenvalue weighted by Gasteiger charge is -2.10. The monoisotopic (exact) mass is 391 g/mol. The number of halogens is 2. The fourth-order valence-electron chi connectivity index (χ4n) is 2.62. The molecule has 1 heterocycles. The number of carbonyl (C=O) groups excluding carboxylic acids is 2. The standard InChI is InChI=1S/C17H11Cl2N3O4/c18-13-5-11(22(25)26)6-14(19)17(13)20-16(24)8-21-7-10(9-23)12-3-1-2-4-15(12)21/h1-7,9H,8H2,(H,20,24). The van der Waals surface area contributed by atoms with Crippen LogP contribution in [0.3, 0.4) is 0 Å². The van der Waals surface area contributed by atoms with Gasteiger partial charge in [-0.05, 0) is 6.07 Å². The van der Waals surface area contributed by atoms with Crippen molar-refractivity contribution < 1.29 is 14.5 Å². The van der Waals surface area contributed by atoms with Gasteiger partial charge < -0.3 is 9.88 Å². The average molecular weight is 392 g/mol. The van der Waals surface area contributed by atoms with Gasteiger partial charge in [-0.15, -0.1) is 0 Å². The number of non-ortho nitro benzene ring substituents is 1. The summed E-state index contributed by atoms with van der Waals surface area (Å²) >= 11 is 12.0. The maximum Gasteiger partial charge on any atom is 0.272 e. The van der Waals surface area contributed by atoms with Crippen molar-refractivity contribution in [3.8, 4) is 0 Å². The van der Waals surface area contributed by atoms with E-state index in [1.54, 1.807) is 35.0 Å². The molecule has 0 saturated carbocycles. The van der Waals surface area contributed by atoms with Gasteiger partial charge in [-0.25, -0.2) is 0 Å². The zero-order valence-corrected chi connectivity index (χ0v) is 14.6. The summed E-state index contributed by atoms with van der Waals surface area (Å²) in [7, 11) is 0. The molecular weight excluding hydrogens is 381 g/mol. The molecule has 0 atom stereocenters. The quantitative estimate of drug-likeness (QED) is 0.398. The number of benzene rings is 2. The van der Waals surface area contributed by atoms with E-state index in [-0.39, 0.29) is 28.0 Å². The molecule has 0 aliphatic carbocycles. The van der Waals surface area contributed by atoms with Crippen molar-refractivity contribution in [2.75, 3.05) is 5.32 Å². The number of hydrogen-bond donors (Lipinski definition) is 1. The summed E-state index contributed by atoms with van der Waals surface area (Å²) in [4.78, 5) is 33.7. The zero-order valence-electron chi connectivity index (χ0n) is 13.1. The minimum atomic E-state index is -0.629. The SMILES string of the molecule is O=Cc1cn(CC(=O)Nc2c(Cl)cc([N+](=O)[O-])cc2Cl)c2ccccc12. The topological polar surface area (TPSA) is 94.2 Å². The van der Waals surface area contributed by atoms with Crippen molar-refractivity contribution in [2.45, 2.75) is 6.54 Å². The van der Waals surface area contributed by atoms with Crippen LogP contribution in [0, 0.1) is 10.1 Å². The highest BCUT2D eigenvalue weighted by Crippen LogP contribution is 2.34. The number of nitro groups is 1. The van der Waals surface area contributed by atoms with Gasteiger partial charge in [-0.1, -0.05) is 41.4 Å². The van der Waals surface area contributed by atoms with Crippen molar-refractivity contribution in [3.63, 3.8) is 0 Å². The molecule has 0 bridgehead atoms. The minimum absolute atomic E-state index is 0.0384. The predicted molar refractivity (Wildman–Crippen MR) is 99.1 cm³/mol. The van der Waals surface area contributed by atoms with Gasteiger partial charge in [0.25, 0.3) is 5.69 Å². The van der Waals surface area contributed by atoms with Crippen LogP contribution in [0.1, 0.15) is 10.4 Å². The third kappa shape index (κ3) is 3.40.